The summed E-state index contributed by atoms with van der Waals surface area (Å²) in [5, 5.41) is 6.32. The summed E-state index contributed by atoms with van der Waals surface area (Å²) in [5.74, 6) is 0. The zero-order chi connectivity index (χ0) is 13.3. The van der Waals surface area contributed by atoms with Gasteiger partial charge in [-0.1, -0.05) is 25.3 Å². The topological polar surface area (TPSA) is 51.8 Å². The molecule has 2 aromatic rings. The van der Waals surface area contributed by atoms with Crippen LogP contribution < -0.4 is 5.73 Å². The molecule has 0 radical (unpaired) electrons. The van der Waals surface area contributed by atoms with Gasteiger partial charge < -0.3 is 5.73 Å². The second kappa shape index (κ2) is 5.36. The van der Waals surface area contributed by atoms with E-state index >= 15 is 0 Å². The van der Waals surface area contributed by atoms with E-state index < -0.39 is 0 Å². The van der Waals surface area contributed by atoms with Gasteiger partial charge in [0.15, 0.2) is 0 Å². The van der Waals surface area contributed by atoms with E-state index in [4.69, 9.17) is 5.73 Å². The van der Waals surface area contributed by atoms with E-state index in [1.807, 2.05) is 0 Å². The van der Waals surface area contributed by atoms with Crippen LogP contribution in [0.25, 0.3) is 0 Å². The number of aromatic nitrogens is 2. The maximum absolute atomic E-state index is 6.30. The summed E-state index contributed by atoms with van der Waals surface area (Å²) >= 11 is 6.61. The van der Waals surface area contributed by atoms with E-state index in [0.717, 1.165) is 21.5 Å². The zero-order valence-corrected chi connectivity index (χ0v) is 13.8. The molecule has 0 aliphatic carbocycles. The lowest BCUT2D eigenvalue weighted by atomic mass is 9.89. The molecule has 0 spiro atoms. The minimum atomic E-state index is -0.0234. The Hall–Kier alpha value is -0.300. The van der Waals surface area contributed by atoms with Gasteiger partial charge in [-0.3, -0.25) is 0 Å². The molecular weight excluding hydrogens is 330 g/mol. The molecule has 0 bridgehead atoms. The van der Waals surface area contributed by atoms with Gasteiger partial charge in [-0.25, -0.2) is 0 Å². The second-order valence-corrected chi connectivity index (χ2v) is 7.97. The maximum atomic E-state index is 6.30. The molecule has 98 valence electrons. The van der Waals surface area contributed by atoms with Crippen molar-refractivity contribution < 1.29 is 0 Å². The van der Waals surface area contributed by atoms with Gasteiger partial charge in [-0.15, -0.1) is 16.4 Å². The van der Waals surface area contributed by atoms with Crippen LogP contribution in [0.15, 0.2) is 15.9 Å². The fourth-order valence-electron chi connectivity index (χ4n) is 1.73. The standard InChI is InChI=1S/C12H16BrN3S2/c1-12(2,3)11-10(18-16-15-11)9(14)5-8-4-7(13)6-17-8/h4,6,9H,5,14H2,1-3H3. The van der Waals surface area contributed by atoms with Crippen molar-refractivity contribution in [1.82, 2.24) is 9.59 Å². The average molecular weight is 346 g/mol. The quantitative estimate of drug-likeness (QED) is 0.917. The van der Waals surface area contributed by atoms with Crippen molar-refractivity contribution in [3.8, 4) is 0 Å². The van der Waals surface area contributed by atoms with Crippen LogP contribution in [0.5, 0.6) is 0 Å². The molecule has 0 aliphatic rings. The fourth-order valence-corrected chi connectivity index (χ4v) is 4.10. The van der Waals surface area contributed by atoms with Crippen molar-refractivity contribution >= 4 is 38.8 Å². The van der Waals surface area contributed by atoms with Gasteiger partial charge in [0.2, 0.25) is 0 Å². The number of thiophene rings is 1. The highest BCUT2D eigenvalue weighted by Gasteiger charge is 2.25. The molecule has 3 nitrogen and oxygen atoms in total. The molecule has 2 rings (SSSR count). The number of nitrogens with zero attached hydrogens (tertiary/aromatic N) is 2. The Morgan fingerprint density at radius 2 is 2.17 bits per heavy atom. The lowest BCUT2D eigenvalue weighted by Gasteiger charge is -2.19. The molecule has 0 aliphatic heterocycles. The Morgan fingerprint density at radius 3 is 2.72 bits per heavy atom. The van der Waals surface area contributed by atoms with E-state index in [2.05, 4.69) is 57.7 Å². The molecule has 2 heterocycles. The molecule has 0 fully saturated rings. The Labute approximate surface area is 124 Å². The Morgan fingerprint density at radius 1 is 1.44 bits per heavy atom. The first kappa shape index (κ1) is 14.1. The molecule has 1 unspecified atom stereocenters. The van der Waals surface area contributed by atoms with Crippen molar-refractivity contribution in [2.75, 3.05) is 0 Å². The predicted molar refractivity (Wildman–Crippen MR) is 81.3 cm³/mol. The third kappa shape index (κ3) is 3.17. The largest absolute Gasteiger partial charge is 0.323 e. The van der Waals surface area contributed by atoms with Crippen molar-refractivity contribution in [3.63, 3.8) is 0 Å². The summed E-state index contributed by atoms with van der Waals surface area (Å²) < 4.78 is 5.18. The van der Waals surface area contributed by atoms with Crippen LogP contribution in [0.4, 0.5) is 0 Å². The summed E-state index contributed by atoms with van der Waals surface area (Å²) in [5.41, 5.74) is 7.32. The SMILES string of the molecule is CC(C)(C)c1nnsc1C(N)Cc1cc(Br)cs1. The molecule has 0 amide bonds. The van der Waals surface area contributed by atoms with Gasteiger partial charge in [0, 0.05) is 32.6 Å². The highest BCUT2D eigenvalue weighted by Crippen LogP contribution is 2.32. The van der Waals surface area contributed by atoms with E-state index in [1.54, 1.807) is 11.3 Å². The first-order chi connectivity index (χ1) is 8.38. The van der Waals surface area contributed by atoms with Crippen LogP contribution >= 0.6 is 38.8 Å². The lowest BCUT2D eigenvalue weighted by molar-refractivity contribution is 0.550. The second-order valence-electron chi connectivity index (χ2n) is 5.28. The van der Waals surface area contributed by atoms with Gasteiger partial charge in [0.25, 0.3) is 0 Å². The summed E-state index contributed by atoms with van der Waals surface area (Å²) in [6.45, 7) is 6.42. The average Bonchev–Trinajstić information content (AvgIpc) is 2.85. The van der Waals surface area contributed by atoms with Gasteiger partial charge in [-0.2, -0.15) is 0 Å². The van der Waals surface area contributed by atoms with Crippen LogP contribution in [0.3, 0.4) is 0 Å². The monoisotopic (exact) mass is 345 g/mol. The van der Waals surface area contributed by atoms with E-state index in [1.165, 1.54) is 16.4 Å². The number of hydrogen-bond donors (Lipinski definition) is 1. The first-order valence-corrected chi connectivity index (χ1v) is 8.13. The van der Waals surface area contributed by atoms with Gasteiger partial charge in [0.1, 0.15) is 0 Å². The van der Waals surface area contributed by atoms with Gasteiger partial charge >= 0.3 is 0 Å². The molecule has 0 saturated heterocycles. The Balaban J connectivity index is 2.19. The Kier molecular flexibility index (Phi) is 4.21. The van der Waals surface area contributed by atoms with Crippen LogP contribution in [-0.2, 0) is 11.8 Å². The summed E-state index contributed by atoms with van der Waals surface area (Å²) in [6, 6.07) is 2.10. The van der Waals surface area contributed by atoms with Crippen molar-refractivity contribution in [3.05, 3.63) is 31.4 Å². The lowest BCUT2D eigenvalue weighted by Crippen LogP contribution is -2.20. The van der Waals surface area contributed by atoms with Crippen LogP contribution in [0.1, 0.15) is 42.3 Å². The summed E-state index contributed by atoms with van der Waals surface area (Å²) in [7, 11) is 0. The highest BCUT2D eigenvalue weighted by atomic mass is 79.9. The van der Waals surface area contributed by atoms with E-state index in [0.29, 0.717) is 0 Å². The van der Waals surface area contributed by atoms with E-state index in [-0.39, 0.29) is 11.5 Å². The molecule has 2 N–H and O–H groups in total. The molecule has 1 atom stereocenters. The Bertz CT molecular complexity index is 527. The van der Waals surface area contributed by atoms with Crippen LogP contribution in [0.2, 0.25) is 0 Å². The molecule has 0 aromatic carbocycles. The minimum Gasteiger partial charge on any atom is -0.323 e. The van der Waals surface area contributed by atoms with Crippen LogP contribution in [-0.4, -0.2) is 9.59 Å². The van der Waals surface area contributed by atoms with Crippen molar-refractivity contribution in [2.45, 2.75) is 38.6 Å². The first-order valence-electron chi connectivity index (χ1n) is 5.69. The maximum Gasteiger partial charge on any atom is 0.0857 e. The third-order valence-corrected chi connectivity index (χ3v) is 5.18. The number of rotatable bonds is 3. The molecular formula is C12H16BrN3S2. The number of nitrogens with two attached hydrogens (primary N) is 1. The molecule has 18 heavy (non-hydrogen) atoms. The van der Waals surface area contributed by atoms with Gasteiger partial charge in [0.05, 0.1) is 10.6 Å². The third-order valence-electron chi connectivity index (χ3n) is 2.60. The van der Waals surface area contributed by atoms with E-state index in [9.17, 15) is 0 Å². The minimum absolute atomic E-state index is 0.00398. The van der Waals surface area contributed by atoms with Crippen molar-refractivity contribution in [2.24, 2.45) is 5.73 Å². The van der Waals surface area contributed by atoms with Crippen molar-refractivity contribution in [1.29, 1.82) is 0 Å². The number of hydrogen-bond acceptors (Lipinski definition) is 5. The normalized spacial score (nSPS) is 13.8. The van der Waals surface area contributed by atoms with Gasteiger partial charge in [-0.05, 0) is 33.5 Å². The number of halogens is 1. The summed E-state index contributed by atoms with van der Waals surface area (Å²) in [6.07, 6.45) is 0.837. The zero-order valence-electron chi connectivity index (χ0n) is 10.6. The fraction of sp³-hybridized carbons (Fsp3) is 0.500. The molecule has 0 saturated carbocycles. The molecule has 6 heteroatoms. The smallest absolute Gasteiger partial charge is 0.0857 e. The summed E-state index contributed by atoms with van der Waals surface area (Å²) in [4.78, 5) is 2.38. The molecule has 2 aromatic heterocycles. The predicted octanol–water partition coefficient (Wildman–Crippen LogP) is 3.90. The highest BCUT2D eigenvalue weighted by molar-refractivity contribution is 9.10. The van der Waals surface area contributed by atoms with Crippen LogP contribution in [0, 0.1) is 0 Å².